The Balaban J connectivity index is 0.00000288. The number of nitrogens with two attached hydrogens (primary N) is 1. The largest absolute Gasteiger partial charge is 0.493 e. The summed E-state index contributed by atoms with van der Waals surface area (Å²) in [5.74, 6) is 1.56. The van der Waals surface area contributed by atoms with Gasteiger partial charge in [0.05, 0.1) is 18.2 Å². The average molecular weight is 422 g/mol. The molecule has 2 rings (SSSR count). The Morgan fingerprint density at radius 2 is 2.21 bits per heavy atom. The second-order valence-electron chi connectivity index (χ2n) is 5.94. The highest BCUT2D eigenvalue weighted by Gasteiger charge is 2.27. The fourth-order valence-electron chi connectivity index (χ4n) is 2.93. The van der Waals surface area contributed by atoms with Crippen LogP contribution in [0.3, 0.4) is 0 Å². The number of carbonyl (C=O) groups excluding carboxylic acids is 1. The first-order chi connectivity index (χ1) is 11.0. The first-order valence-electron chi connectivity index (χ1n) is 8.03. The molecule has 0 aromatic heterocycles. The third-order valence-electron chi connectivity index (χ3n) is 4.25. The number of piperidine rings is 1. The van der Waals surface area contributed by atoms with Crippen molar-refractivity contribution < 1.29 is 14.3 Å². The van der Waals surface area contributed by atoms with Gasteiger partial charge in [-0.3, -0.25) is 4.79 Å². The Kier molecular flexibility index (Phi) is 8.33. The van der Waals surface area contributed by atoms with E-state index in [1.165, 1.54) is 0 Å². The van der Waals surface area contributed by atoms with Gasteiger partial charge in [0.25, 0.3) is 5.91 Å². The quantitative estimate of drug-likeness (QED) is 0.790. The van der Waals surface area contributed by atoms with Gasteiger partial charge in [-0.05, 0) is 60.7 Å². The Hall–Kier alpha value is -0.980. The van der Waals surface area contributed by atoms with Crippen molar-refractivity contribution in [3.05, 3.63) is 22.2 Å². The molecule has 2 unspecified atom stereocenters. The van der Waals surface area contributed by atoms with Gasteiger partial charge in [0, 0.05) is 24.7 Å². The molecule has 5 nitrogen and oxygen atoms in total. The second-order valence-corrected chi connectivity index (χ2v) is 6.79. The zero-order chi connectivity index (χ0) is 17.0. The van der Waals surface area contributed by atoms with E-state index in [1.807, 2.05) is 18.7 Å². The number of halogens is 2. The van der Waals surface area contributed by atoms with Crippen molar-refractivity contribution in [2.24, 2.45) is 11.7 Å². The number of rotatable bonds is 5. The molecule has 2 N–H and O–H groups in total. The van der Waals surface area contributed by atoms with Gasteiger partial charge >= 0.3 is 0 Å². The van der Waals surface area contributed by atoms with Crippen LogP contribution in [0.15, 0.2) is 16.6 Å². The van der Waals surface area contributed by atoms with Crippen LogP contribution in [-0.2, 0) is 0 Å². The number of carbonyl (C=O) groups is 1. The molecule has 0 radical (unpaired) electrons. The van der Waals surface area contributed by atoms with Crippen LogP contribution in [-0.4, -0.2) is 43.7 Å². The minimum atomic E-state index is 0. The molecule has 1 heterocycles. The van der Waals surface area contributed by atoms with Crippen LogP contribution in [0.4, 0.5) is 0 Å². The summed E-state index contributed by atoms with van der Waals surface area (Å²) in [6.45, 7) is 5.94. The SMILES string of the molecule is CCOc1c(Br)cc(C(=O)N2CCCC(C(C)N)C2)cc1OC.Cl. The van der Waals surface area contributed by atoms with E-state index >= 15 is 0 Å². The van der Waals surface area contributed by atoms with Gasteiger partial charge in [-0.15, -0.1) is 12.4 Å². The lowest BCUT2D eigenvalue weighted by Gasteiger charge is -2.34. The zero-order valence-corrected chi connectivity index (χ0v) is 16.8. The highest BCUT2D eigenvalue weighted by Crippen LogP contribution is 2.37. The normalized spacial score (nSPS) is 18.5. The van der Waals surface area contributed by atoms with Crippen LogP contribution in [0.5, 0.6) is 11.5 Å². The van der Waals surface area contributed by atoms with Crippen molar-refractivity contribution in [2.45, 2.75) is 32.7 Å². The maximum atomic E-state index is 12.8. The highest BCUT2D eigenvalue weighted by molar-refractivity contribution is 9.10. The summed E-state index contributed by atoms with van der Waals surface area (Å²) in [4.78, 5) is 14.7. The van der Waals surface area contributed by atoms with E-state index in [-0.39, 0.29) is 24.4 Å². The van der Waals surface area contributed by atoms with E-state index in [4.69, 9.17) is 15.2 Å². The smallest absolute Gasteiger partial charge is 0.254 e. The van der Waals surface area contributed by atoms with E-state index in [0.29, 0.717) is 36.1 Å². The molecule has 1 aromatic rings. The summed E-state index contributed by atoms with van der Waals surface area (Å²) < 4.78 is 11.7. The molecule has 1 amide bonds. The molecule has 1 aliphatic heterocycles. The van der Waals surface area contributed by atoms with Crippen LogP contribution in [0, 0.1) is 5.92 Å². The van der Waals surface area contributed by atoms with Crippen LogP contribution in [0.2, 0.25) is 0 Å². The van der Waals surface area contributed by atoms with Crippen molar-refractivity contribution in [1.82, 2.24) is 4.90 Å². The molecule has 0 saturated carbocycles. The van der Waals surface area contributed by atoms with Gasteiger partial charge in [0.1, 0.15) is 0 Å². The van der Waals surface area contributed by atoms with Gasteiger partial charge in [-0.1, -0.05) is 0 Å². The minimum Gasteiger partial charge on any atom is -0.493 e. The average Bonchev–Trinajstić information content (AvgIpc) is 2.56. The number of ether oxygens (including phenoxy) is 2. The first-order valence-corrected chi connectivity index (χ1v) is 8.82. The van der Waals surface area contributed by atoms with E-state index in [0.717, 1.165) is 23.9 Å². The van der Waals surface area contributed by atoms with E-state index in [9.17, 15) is 4.79 Å². The molecule has 1 aliphatic rings. The van der Waals surface area contributed by atoms with Crippen molar-refractivity contribution in [2.75, 3.05) is 26.8 Å². The zero-order valence-electron chi connectivity index (χ0n) is 14.4. The molecular formula is C17H26BrClN2O3. The van der Waals surface area contributed by atoms with Crippen molar-refractivity contribution in [3.8, 4) is 11.5 Å². The van der Waals surface area contributed by atoms with Crippen LogP contribution < -0.4 is 15.2 Å². The number of hydrogen-bond donors (Lipinski definition) is 1. The number of amides is 1. The van der Waals surface area contributed by atoms with Crippen LogP contribution in [0.1, 0.15) is 37.0 Å². The van der Waals surface area contributed by atoms with E-state index < -0.39 is 0 Å². The molecule has 1 aromatic carbocycles. The van der Waals surface area contributed by atoms with Gasteiger partial charge < -0.3 is 20.1 Å². The van der Waals surface area contributed by atoms with Gasteiger partial charge in [0.15, 0.2) is 11.5 Å². The Morgan fingerprint density at radius 1 is 1.50 bits per heavy atom. The Labute approximate surface area is 158 Å². The van der Waals surface area contributed by atoms with E-state index in [2.05, 4.69) is 15.9 Å². The Bertz CT molecular complexity index is 569. The predicted octanol–water partition coefficient (Wildman–Crippen LogP) is 3.48. The molecule has 1 saturated heterocycles. The summed E-state index contributed by atoms with van der Waals surface area (Å²) in [6.07, 6.45) is 2.07. The lowest BCUT2D eigenvalue weighted by molar-refractivity contribution is 0.0660. The number of benzene rings is 1. The molecule has 0 spiro atoms. The lowest BCUT2D eigenvalue weighted by Crippen LogP contribution is -2.45. The number of nitrogens with zero attached hydrogens (tertiary/aromatic N) is 1. The van der Waals surface area contributed by atoms with Crippen molar-refractivity contribution in [3.63, 3.8) is 0 Å². The van der Waals surface area contributed by atoms with Crippen molar-refractivity contribution >= 4 is 34.2 Å². The lowest BCUT2D eigenvalue weighted by atomic mass is 9.92. The number of hydrogen-bond acceptors (Lipinski definition) is 4. The minimum absolute atomic E-state index is 0. The summed E-state index contributed by atoms with van der Waals surface area (Å²) in [5, 5.41) is 0. The molecule has 7 heteroatoms. The second kappa shape index (κ2) is 9.49. The molecule has 136 valence electrons. The first kappa shape index (κ1) is 21.1. The molecular weight excluding hydrogens is 396 g/mol. The topological polar surface area (TPSA) is 64.8 Å². The number of likely N-dealkylation sites (tertiary alicyclic amines) is 1. The van der Waals surface area contributed by atoms with Gasteiger partial charge in [-0.25, -0.2) is 0 Å². The molecule has 1 fully saturated rings. The monoisotopic (exact) mass is 420 g/mol. The molecule has 0 bridgehead atoms. The molecule has 24 heavy (non-hydrogen) atoms. The maximum absolute atomic E-state index is 12.8. The van der Waals surface area contributed by atoms with E-state index in [1.54, 1.807) is 19.2 Å². The predicted molar refractivity (Wildman–Crippen MR) is 101 cm³/mol. The van der Waals surface area contributed by atoms with Gasteiger partial charge in [0.2, 0.25) is 0 Å². The van der Waals surface area contributed by atoms with Gasteiger partial charge in [-0.2, -0.15) is 0 Å². The van der Waals surface area contributed by atoms with Crippen LogP contribution >= 0.6 is 28.3 Å². The third kappa shape index (κ3) is 4.77. The fourth-order valence-corrected chi connectivity index (χ4v) is 3.49. The molecule has 0 aliphatic carbocycles. The molecule has 2 atom stereocenters. The summed E-state index contributed by atoms with van der Waals surface area (Å²) in [6, 6.07) is 3.64. The summed E-state index contributed by atoms with van der Waals surface area (Å²) >= 11 is 3.47. The summed E-state index contributed by atoms with van der Waals surface area (Å²) in [5.41, 5.74) is 6.61. The summed E-state index contributed by atoms with van der Waals surface area (Å²) in [7, 11) is 1.57. The fraction of sp³-hybridized carbons (Fsp3) is 0.588. The third-order valence-corrected chi connectivity index (χ3v) is 4.84. The number of methoxy groups -OCH3 is 1. The van der Waals surface area contributed by atoms with Crippen molar-refractivity contribution in [1.29, 1.82) is 0 Å². The standard InChI is InChI=1S/C17H25BrN2O3.ClH/c1-4-23-16-14(18)8-13(9-15(16)22-3)17(21)20-7-5-6-12(10-20)11(2)19;/h8-9,11-12H,4-7,10,19H2,1-3H3;1H. The Morgan fingerprint density at radius 3 is 2.79 bits per heavy atom. The maximum Gasteiger partial charge on any atom is 0.254 e. The van der Waals surface area contributed by atoms with Crippen LogP contribution in [0.25, 0.3) is 0 Å². The highest BCUT2D eigenvalue weighted by atomic mass is 79.9.